The van der Waals surface area contributed by atoms with Crippen LogP contribution in [0.25, 0.3) is 0 Å². The molecule has 0 radical (unpaired) electrons. The van der Waals surface area contributed by atoms with Gasteiger partial charge in [-0.1, -0.05) is 12.1 Å². The molecule has 0 heterocycles. The molecule has 2 N–H and O–H groups in total. The van der Waals surface area contributed by atoms with Crippen molar-refractivity contribution in [2.75, 3.05) is 0 Å². The third kappa shape index (κ3) is 3.30. The Bertz CT molecular complexity index is 430. The summed E-state index contributed by atoms with van der Waals surface area (Å²) < 4.78 is 0. The van der Waals surface area contributed by atoms with Gasteiger partial charge in [-0.15, -0.1) is 0 Å². The topological polar surface area (TPSA) is 111 Å². The molecular formula is C10H8N2O6. The zero-order valence-electron chi connectivity index (χ0n) is 8.91. The Balaban J connectivity index is 2.91. The molecule has 8 nitrogen and oxygen atoms in total. The summed E-state index contributed by atoms with van der Waals surface area (Å²) in [5.74, 6) is -1.89. The average molecular weight is 252 g/mol. The van der Waals surface area contributed by atoms with Gasteiger partial charge in [0.15, 0.2) is 0 Å². The first-order valence-electron chi connectivity index (χ1n) is 4.60. The molecule has 0 unspecified atom stereocenters. The maximum atomic E-state index is 11.5. The number of hydrogen-bond acceptors (Lipinski definition) is 6. The number of rotatable bonds is 6. The van der Waals surface area contributed by atoms with Crippen molar-refractivity contribution in [2.24, 2.45) is 0 Å². The number of hydrogen-bond donors (Lipinski definition) is 2. The van der Waals surface area contributed by atoms with Crippen LogP contribution in [-0.2, 0) is 19.3 Å². The third-order valence-corrected chi connectivity index (χ3v) is 1.77. The first-order chi connectivity index (χ1) is 8.70. The summed E-state index contributed by atoms with van der Waals surface area (Å²) in [6, 6.07) is 5.57. The monoisotopic (exact) mass is 252 g/mol. The molecular weight excluding hydrogens is 244 g/mol. The van der Waals surface area contributed by atoms with Crippen molar-refractivity contribution in [2.45, 2.75) is 0 Å². The lowest BCUT2D eigenvalue weighted by Crippen LogP contribution is -2.23. The molecule has 1 aromatic rings. The zero-order chi connectivity index (χ0) is 13.4. The molecule has 18 heavy (non-hydrogen) atoms. The Morgan fingerprint density at radius 2 is 1.28 bits per heavy atom. The van der Waals surface area contributed by atoms with Crippen molar-refractivity contribution in [3.05, 3.63) is 35.4 Å². The molecule has 0 fully saturated rings. The lowest BCUT2D eigenvalue weighted by molar-refractivity contribution is -0.118. The van der Waals surface area contributed by atoms with Gasteiger partial charge in [-0.25, -0.2) is 9.59 Å². The maximum Gasteiger partial charge on any atom is 0.363 e. The summed E-state index contributed by atoms with van der Waals surface area (Å²) in [5.41, 5.74) is 3.16. The first-order valence-corrected chi connectivity index (χ1v) is 4.60. The number of amides is 2. The minimum atomic E-state index is -0.944. The highest BCUT2D eigenvalue weighted by molar-refractivity contribution is 6.03. The van der Waals surface area contributed by atoms with Crippen molar-refractivity contribution >= 4 is 24.8 Å². The van der Waals surface area contributed by atoms with Crippen LogP contribution >= 0.6 is 0 Å². The van der Waals surface area contributed by atoms with Crippen molar-refractivity contribution in [3.63, 3.8) is 0 Å². The molecule has 0 spiro atoms. The van der Waals surface area contributed by atoms with E-state index in [1.54, 1.807) is 11.0 Å². The number of nitrogens with one attached hydrogen (secondary N) is 2. The molecule has 0 aliphatic rings. The zero-order valence-corrected chi connectivity index (χ0v) is 8.91. The number of benzene rings is 1. The molecule has 0 atom stereocenters. The molecule has 8 heteroatoms. The summed E-state index contributed by atoms with van der Waals surface area (Å²) in [6.45, 7) is 0. The fraction of sp³-hybridized carbons (Fsp3) is 0. The Kier molecular flexibility index (Phi) is 4.85. The Hall–Kier alpha value is -2.90. The highest BCUT2D eigenvalue weighted by atomic mass is 16.7. The van der Waals surface area contributed by atoms with Gasteiger partial charge in [-0.05, 0) is 12.1 Å². The standard InChI is InChI=1S/C10H8N2O6/c13-5-11-17-9(15)7-3-1-2-4-8(7)10(16)18-12-6-14/h1-6H,(H,11,13)(H,12,14). The number of hydroxylamine groups is 2. The quantitative estimate of drug-likeness (QED) is 0.512. The minimum absolute atomic E-state index is 0.121. The van der Waals surface area contributed by atoms with Crippen LogP contribution in [0.1, 0.15) is 20.7 Å². The molecule has 0 aromatic heterocycles. The van der Waals surface area contributed by atoms with Crippen LogP contribution in [0.5, 0.6) is 0 Å². The van der Waals surface area contributed by atoms with E-state index in [4.69, 9.17) is 0 Å². The molecule has 0 aliphatic heterocycles. The smallest absolute Gasteiger partial charge is 0.336 e. The van der Waals surface area contributed by atoms with Crippen LogP contribution < -0.4 is 11.0 Å². The van der Waals surface area contributed by atoms with Gasteiger partial charge in [-0.2, -0.15) is 11.0 Å². The van der Waals surface area contributed by atoms with Crippen LogP contribution in [-0.4, -0.2) is 24.8 Å². The Labute approximate surface area is 101 Å². The lowest BCUT2D eigenvalue weighted by Gasteiger charge is -2.06. The van der Waals surface area contributed by atoms with Crippen molar-refractivity contribution < 1.29 is 28.9 Å². The summed E-state index contributed by atoms with van der Waals surface area (Å²) in [5, 5.41) is 0. The van der Waals surface area contributed by atoms with Gasteiger partial charge >= 0.3 is 11.9 Å². The minimum Gasteiger partial charge on any atom is -0.336 e. The highest BCUT2D eigenvalue weighted by Gasteiger charge is 2.19. The predicted octanol–water partition coefficient (Wildman–Crippen LogP) is -0.678. The molecule has 0 saturated carbocycles. The van der Waals surface area contributed by atoms with Gasteiger partial charge in [0.25, 0.3) is 0 Å². The van der Waals surface area contributed by atoms with E-state index in [9.17, 15) is 19.2 Å². The second kappa shape index (κ2) is 6.63. The van der Waals surface area contributed by atoms with Crippen molar-refractivity contribution in [3.8, 4) is 0 Å². The molecule has 0 saturated heterocycles. The summed E-state index contributed by atoms with van der Waals surface area (Å²) in [6.07, 6.45) is 0.319. The van der Waals surface area contributed by atoms with Crippen LogP contribution in [0, 0.1) is 0 Å². The maximum absolute atomic E-state index is 11.5. The first kappa shape index (κ1) is 13.2. The van der Waals surface area contributed by atoms with E-state index in [1.165, 1.54) is 24.3 Å². The summed E-state index contributed by atoms with van der Waals surface area (Å²) >= 11 is 0. The lowest BCUT2D eigenvalue weighted by atomic mass is 10.1. The van der Waals surface area contributed by atoms with Gasteiger partial charge in [0.2, 0.25) is 12.8 Å². The van der Waals surface area contributed by atoms with Crippen molar-refractivity contribution in [1.29, 1.82) is 0 Å². The third-order valence-electron chi connectivity index (χ3n) is 1.77. The van der Waals surface area contributed by atoms with Crippen LogP contribution in [0.4, 0.5) is 0 Å². The molecule has 0 bridgehead atoms. The fourth-order valence-corrected chi connectivity index (χ4v) is 1.10. The number of carbonyl (C=O) groups excluding carboxylic acids is 4. The summed E-state index contributed by atoms with van der Waals surface area (Å²) in [4.78, 5) is 51.5. The van der Waals surface area contributed by atoms with Gasteiger partial charge < -0.3 is 9.68 Å². The highest BCUT2D eigenvalue weighted by Crippen LogP contribution is 2.10. The van der Waals surface area contributed by atoms with E-state index >= 15 is 0 Å². The Morgan fingerprint density at radius 1 is 0.889 bits per heavy atom. The van der Waals surface area contributed by atoms with Crippen LogP contribution in [0.3, 0.4) is 0 Å². The molecule has 2 amide bonds. The predicted molar refractivity (Wildman–Crippen MR) is 55.7 cm³/mol. The normalized spacial score (nSPS) is 8.89. The van der Waals surface area contributed by atoms with Gasteiger partial charge in [-0.3, -0.25) is 9.59 Å². The SMILES string of the molecule is O=CNOC(=O)c1ccccc1C(=O)ONC=O. The fourth-order valence-electron chi connectivity index (χ4n) is 1.10. The second-order valence-electron chi connectivity index (χ2n) is 2.80. The van der Waals surface area contributed by atoms with E-state index in [1.807, 2.05) is 0 Å². The van der Waals surface area contributed by atoms with E-state index in [-0.39, 0.29) is 23.9 Å². The average Bonchev–Trinajstić information content (AvgIpc) is 2.42. The molecule has 0 aliphatic carbocycles. The van der Waals surface area contributed by atoms with Gasteiger partial charge in [0.1, 0.15) is 0 Å². The summed E-state index contributed by atoms with van der Waals surface area (Å²) in [7, 11) is 0. The van der Waals surface area contributed by atoms with Crippen LogP contribution in [0.15, 0.2) is 24.3 Å². The molecule has 94 valence electrons. The largest absolute Gasteiger partial charge is 0.363 e. The van der Waals surface area contributed by atoms with Crippen LogP contribution in [0.2, 0.25) is 0 Å². The number of carbonyl (C=O) groups is 4. The molecule has 1 rings (SSSR count). The van der Waals surface area contributed by atoms with Gasteiger partial charge in [0, 0.05) is 0 Å². The van der Waals surface area contributed by atoms with E-state index in [0.717, 1.165) is 0 Å². The van der Waals surface area contributed by atoms with E-state index < -0.39 is 11.9 Å². The van der Waals surface area contributed by atoms with E-state index in [2.05, 4.69) is 9.68 Å². The Morgan fingerprint density at radius 3 is 1.61 bits per heavy atom. The van der Waals surface area contributed by atoms with Crippen molar-refractivity contribution in [1.82, 2.24) is 11.0 Å². The van der Waals surface area contributed by atoms with Gasteiger partial charge in [0.05, 0.1) is 11.1 Å². The molecule has 1 aromatic carbocycles. The second-order valence-corrected chi connectivity index (χ2v) is 2.80. The van der Waals surface area contributed by atoms with E-state index in [0.29, 0.717) is 0 Å².